The molecule has 0 atom stereocenters. The second kappa shape index (κ2) is 7.07. The first-order valence-electron chi connectivity index (χ1n) is 7.79. The van der Waals surface area contributed by atoms with Gasteiger partial charge in [0.1, 0.15) is 0 Å². The molecule has 0 amide bonds. The number of halogens is 3. The first-order chi connectivity index (χ1) is 10.5. The van der Waals surface area contributed by atoms with Crippen LogP contribution in [-0.2, 0) is 0 Å². The molecule has 2 aromatic carbocycles. The van der Waals surface area contributed by atoms with Crippen molar-refractivity contribution in [3.8, 4) is 11.1 Å². The monoisotopic (exact) mass is 516 g/mol. The second-order valence-electron chi connectivity index (χ2n) is 6.33. The number of benzene rings is 2. The minimum absolute atomic E-state index is 0.370. The molecule has 1 fully saturated rings. The van der Waals surface area contributed by atoms with E-state index in [1.54, 1.807) is 0 Å². The molecule has 112 valence electrons. The molecule has 0 heterocycles. The average molecular weight is 516 g/mol. The molecule has 1 aliphatic rings. The first-order valence-corrected chi connectivity index (χ1v) is 12.5. The summed E-state index contributed by atoms with van der Waals surface area (Å²) < 4.78 is 40.7. The van der Waals surface area contributed by atoms with Crippen LogP contribution in [0.3, 0.4) is 0 Å². The molecule has 22 heavy (non-hydrogen) atoms. The third-order valence-corrected chi connectivity index (χ3v) is 9.46. The fraction of sp³-hybridized carbons (Fsp3) is 0.333. The molecule has 0 bridgehead atoms. The van der Waals surface area contributed by atoms with E-state index in [1.165, 1.54) is 31.2 Å². The summed E-state index contributed by atoms with van der Waals surface area (Å²) in [5.74, 6) is -3.09. The molecule has 4 heteroatoms. The Bertz CT molecular complexity index is 636. The Kier molecular flexibility index (Phi) is 5.32. The van der Waals surface area contributed by atoms with E-state index >= 15 is 0 Å². The number of rotatable bonds is 2. The predicted molar refractivity (Wildman–Crippen MR) is 78.1 cm³/mol. The van der Waals surface area contributed by atoms with Gasteiger partial charge in [-0.2, -0.15) is 0 Å². The van der Waals surface area contributed by atoms with Crippen LogP contribution in [0.2, 0.25) is 0.959 Å². The predicted octanol–water partition coefficient (Wildman–Crippen LogP) is 5.50. The van der Waals surface area contributed by atoms with Crippen molar-refractivity contribution in [2.75, 3.05) is 0 Å². The summed E-state index contributed by atoms with van der Waals surface area (Å²) in [6.07, 6.45) is 5.21. The van der Waals surface area contributed by atoms with Gasteiger partial charge in [-0.15, -0.1) is 0 Å². The van der Waals surface area contributed by atoms with Gasteiger partial charge in [0.25, 0.3) is 0 Å². The molecule has 0 nitrogen and oxygen atoms in total. The zero-order valence-electron chi connectivity index (χ0n) is 12.6. The van der Waals surface area contributed by atoms with Gasteiger partial charge in [0.2, 0.25) is 0 Å². The van der Waals surface area contributed by atoms with Gasteiger partial charge >= 0.3 is 155 Å². The molecule has 1 saturated carbocycles. The smallest absolute Gasteiger partial charge is 0.200 e. The maximum atomic E-state index is 13.3. The Hall–Kier alpha value is -0.302. The Labute approximate surface area is 157 Å². The topological polar surface area (TPSA) is 0 Å². The van der Waals surface area contributed by atoms with Crippen molar-refractivity contribution in [3.05, 3.63) is 59.4 Å². The Morgan fingerprint density at radius 3 is 1.86 bits per heavy atom. The molecular formula is C18H17F3Ra. The fourth-order valence-corrected chi connectivity index (χ4v) is 6.00. The van der Waals surface area contributed by atoms with Crippen LogP contribution in [0.4, 0.5) is 13.2 Å². The molecule has 0 aromatic heterocycles. The SMILES string of the molecule is Fc1cc(-c2ccc(C3CC[CH]([RaH])CC3)cc2)cc(F)c1F. The van der Waals surface area contributed by atoms with Crippen LogP contribution in [0.5, 0.6) is 0 Å². The summed E-state index contributed by atoms with van der Waals surface area (Å²) in [5.41, 5.74) is 2.38. The van der Waals surface area contributed by atoms with Crippen LogP contribution in [0.1, 0.15) is 37.2 Å². The second-order valence-corrected chi connectivity index (χ2v) is 13.0. The maximum absolute atomic E-state index is 13.3. The van der Waals surface area contributed by atoms with Crippen molar-refractivity contribution in [1.29, 1.82) is 0 Å². The Morgan fingerprint density at radius 1 is 0.773 bits per heavy atom. The van der Waals surface area contributed by atoms with E-state index < -0.39 is 17.5 Å². The standard InChI is InChI=1S/C18H16F3.Ra.H/c19-16-10-15(11-17(20)18(16)21)14-8-6-13(7-9-14)12-4-2-1-3-5-12;;/h1,6-12H,2-5H2;;. The van der Waals surface area contributed by atoms with Gasteiger partial charge < -0.3 is 0 Å². The quantitative estimate of drug-likeness (QED) is 0.463. The summed E-state index contributed by atoms with van der Waals surface area (Å²) in [7, 11) is 0. The Morgan fingerprint density at radius 2 is 1.32 bits per heavy atom. The number of hydrogen-bond donors (Lipinski definition) is 0. The van der Waals surface area contributed by atoms with E-state index in [1.807, 2.05) is 24.3 Å². The zero-order valence-corrected chi connectivity index (χ0v) is 20.8. The minimum Gasteiger partial charge on any atom is -0.200 e. The molecule has 1 aliphatic carbocycles. The van der Waals surface area contributed by atoms with E-state index in [0.29, 0.717) is 59.8 Å². The van der Waals surface area contributed by atoms with Gasteiger partial charge in [-0.3, -0.25) is 0 Å². The van der Waals surface area contributed by atoms with E-state index in [-0.39, 0.29) is 0 Å². The van der Waals surface area contributed by atoms with Crippen LogP contribution in [0, 0.1) is 60.2 Å². The average Bonchev–Trinajstić information content (AvgIpc) is 2.53. The summed E-state index contributed by atoms with van der Waals surface area (Å²) in [6.45, 7) is 0. The van der Waals surface area contributed by atoms with Crippen molar-refractivity contribution in [2.24, 2.45) is 0 Å². The van der Waals surface area contributed by atoms with Crippen molar-refractivity contribution in [1.82, 2.24) is 0 Å². The van der Waals surface area contributed by atoms with Crippen LogP contribution >= 0.6 is 0 Å². The summed E-state index contributed by atoms with van der Waals surface area (Å²) in [4.78, 5) is 0. The third kappa shape index (κ3) is 3.61. The van der Waals surface area contributed by atoms with Gasteiger partial charge in [-0.25, -0.2) is 4.39 Å². The van der Waals surface area contributed by atoms with Crippen LogP contribution < -0.4 is 0 Å². The molecule has 0 saturated heterocycles. The fourth-order valence-electron chi connectivity index (χ4n) is 3.26. The van der Waals surface area contributed by atoms with Crippen molar-refractivity contribution in [2.45, 2.75) is 32.6 Å². The van der Waals surface area contributed by atoms with E-state index in [2.05, 4.69) is 0 Å². The first kappa shape index (κ1) is 16.6. The van der Waals surface area contributed by atoms with E-state index in [0.717, 1.165) is 13.1 Å². The van der Waals surface area contributed by atoms with Crippen molar-refractivity contribution in [3.63, 3.8) is 0 Å². The molecule has 3 rings (SSSR count). The summed E-state index contributed by atoms with van der Waals surface area (Å²) >= 11 is 0.624. The Balaban J connectivity index is 1.82. The van der Waals surface area contributed by atoms with Gasteiger partial charge in [-0.05, 0) is 0 Å². The van der Waals surface area contributed by atoms with Gasteiger partial charge in [0, 0.05) is 0 Å². The molecular weight excluding hydrogens is 499 g/mol. The molecule has 0 spiro atoms. The van der Waals surface area contributed by atoms with Crippen LogP contribution in [-0.4, -0.2) is 0 Å². The van der Waals surface area contributed by atoms with Gasteiger partial charge in [-0.1, -0.05) is 0 Å². The summed E-state index contributed by atoms with van der Waals surface area (Å²) in [5, 5.41) is 0. The molecule has 2 aromatic rings. The molecule has 0 unspecified atom stereocenters. The number of hydrogen-bond acceptors (Lipinski definition) is 0. The zero-order chi connectivity index (χ0) is 15.7. The third-order valence-electron chi connectivity index (χ3n) is 4.72. The van der Waals surface area contributed by atoms with Crippen LogP contribution in [0.25, 0.3) is 11.1 Å². The van der Waals surface area contributed by atoms with Crippen molar-refractivity contribution >= 4 is 0 Å². The molecule has 0 N–H and O–H groups in total. The van der Waals surface area contributed by atoms with Gasteiger partial charge in [0.15, 0.2) is 0 Å². The van der Waals surface area contributed by atoms with E-state index in [9.17, 15) is 13.2 Å². The molecule has 0 aliphatic heterocycles. The summed E-state index contributed by atoms with van der Waals surface area (Å²) in [6, 6.07) is 9.92. The molecule has 0 radical (unpaired) electrons. The van der Waals surface area contributed by atoms with Gasteiger partial charge in [0.05, 0.1) is 0 Å². The normalized spacial score (nSPS) is 21.7. The minimum atomic E-state index is -1.41. The van der Waals surface area contributed by atoms with E-state index in [4.69, 9.17) is 0 Å². The van der Waals surface area contributed by atoms with Crippen LogP contribution in [0.15, 0.2) is 36.4 Å². The van der Waals surface area contributed by atoms with Crippen molar-refractivity contribution < 1.29 is 56.0 Å².